The highest BCUT2D eigenvalue weighted by atomic mass is 35.5. The Labute approximate surface area is 125 Å². The summed E-state index contributed by atoms with van der Waals surface area (Å²) in [5.41, 5.74) is 3.71. The summed E-state index contributed by atoms with van der Waals surface area (Å²) in [7, 11) is 0. The molecule has 0 radical (unpaired) electrons. The maximum atomic E-state index is 4.48. The average Bonchev–Trinajstić information content (AvgIpc) is 2.40. The fourth-order valence-corrected chi connectivity index (χ4v) is 2.12. The van der Waals surface area contributed by atoms with E-state index in [-0.39, 0.29) is 24.8 Å². The van der Waals surface area contributed by atoms with Gasteiger partial charge in [0.25, 0.3) is 0 Å². The van der Waals surface area contributed by atoms with Gasteiger partial charge in [-0.05, 0) is 11.6 Å². The third-order valence-corrected chi connectivity index (χ3v) is 2.98. The standard InChI is InChI=1S/C14H15N3.2ClH/c1-2-4-12(5-3-1)9-17-10-13-8-15-7-6-14(13)16-11-17;;/h1-6,8,11,15H,7,9-10H2;2*1H. The molecule has 0 fully saturated rings. The highest BCUT2D eigenvalue weighted by molar-refractivity contribution is 5.85. The Bertz CT molecular complexity index is 495. The number of hydrogen-bond acceptors (Lipinski definition) is 3. The van der Waals surface area contributed by atoms with Crippen LogP contribution in [0.4, 0.5) is 0 Å². The van der Waals surface area contributed by atoms with Crippen molar-refractivity contribution in [2.45, 2.75) is 6.54 Å². The second-order valence-corrected chi connectivity index (χ2v) is 4.30. The molecule has 0 bridgehead atoms. The number of nitrogens with zero attached hydrogens (tertiary/aromatic N) is 2. The van der Waals surface area contributed by atoms with Crippen molar-refractivity contribution in [3.05, 3.63) is 59.4 Å². The molecular formula is C14H17Cl2N3. The molecule has 1 aromatic rings. The number of rotatable bonds is 2. The maximum absolute atomic E-state index is 4.48. The van der Waals surface area contributed by atoms with Crippen molar-refractivity contribution in [3.63, 3.8) is 0 Å². The highest BCUT2D eigenvalue weighted by Crippen LogP contribution is 2.19. The van der Waals surface area contributed by atoms with E-state index >= 15 is 0 Å². The van der Waals surface area contributed by atoms with Gasteiger partial charge in [0.2, 0.25) is 0 Å². The Kier molecular flexibility index (Phi) is 5.93. The van der Waals surface area contributed by atoms with E-state index in [2.05, 4.69) is 51.8 Å². The van der Waals surface area contributed by atoms with Crippen LogP contribution in [0.3, 0.4) is 0 Å². The average molecular weight is 298 g/mol. The molecule has 1 N–H and O–H groups in total. The number of hydrogen-bond donors (Lipinski definition) is 1. The zero-order valence-corrected chi connectivity index (χ0v) is 12.1. The third kappa shape index (κ3) is 3.75. The third-order valence-electron chi connectivity index (χ3n) is 2.98. The largest absolute Gasteiger partial charge is 0.387 e. The summed E-state index contributed by atoms with van der Waals surface area (Å²) < 4.78 is 0. The monoisotopic (exact) mass is 297 g/mol. The van der Waals surface area contributed by atoms with Gasteiger partial charge in [-0.25, -0.2) is 4.99 Å². The van der Waals surface area contributed by atoms with Crippen LogP contribution >= 0.6 is 24.8 Å². The van der Waals surface area contributed by atoms with Crippen LogP contribution in [0.1, 0.15) is 5.56 Å². The number of dihydropyridines is 1. The molecule has 0 atom stereocenters. The molecule has 19 heavy (non-hydrogen) atoms. The van der Waals surface area contributed by atoms with Gasteiger partial charge in [0, 0.05) is 31.4 Å². The van der Waals surface area contributed by atoms with E-state index in [1.807, 2.05) is 12.4 Å². The minimum atomic E-state index is 0. The van der Waals surface area contributed by atoms with Crippen LogP contribution in [0.2, 0.25) is 0 Å². The first kappa shape index (κ1) is 15.6. The first-order valence-electron chi connectivity index (χ1n) is 5.87. The molecule has 0 unspecified atom stereocenters. The normalized spacial score (nSPS) is 16.1. The van der Waals surface area contributed by atoms with Crippen LogP contribution in [-0.2, 0) is 6.54 Å². The lowest BCUT2D eigenvalue weighted by Gasteiger charge is -2.27. The molecule has 5 heteroatoms. The van der Waals surface area contributed by atoms with Crippen LogP contribution in [0.15, 0.2) is 58.9 Å². The van der Waals surface area contributed by atoms with Crippen molar-refractivity contribution in [1.82, 2.24) is 10.2 Å². The SMILES string of the molecule is C1=NC2=CCNC=C2CN1Cc1ccccc1.Cl.Cl. The van der Waals surface area contributed by atoms with E-state index in [4.69, 9.17) is 0 Å². The molecule has 2 aliphatic rings. The molecule has 0 saturated heterocycles. The van der Waals surface area contributed by atoms with Crippen LogP contribution in [0, 0.1) is 0 Å². The van der Waals surface area contributed by atoms with Gasteiger partial charge >= 0.3 is 0 Å². The summed E-state index contributed by atoms with van der Waals surface area (Å²) in [6.07, 6.45) is 6.15. The zero-order valence-electron chi connectivity index (χ0n) is 10.5. The van der Waals surface area contributed by atoms with Crippen molar-refractivity contribution in [1.29, 1.82) is 0 Å². The quantitative estimate of drug-likeness (QED) is 0.909. The maximum Gasteiger partial charge on any atom is 0.0918 e. The molecular weight excluding hydrogens is 281 g/mol. The predicted molar refractivity (Wildman–Crippen MR) is 84.0 cm³/mol. The van der Waals surface area contributed by atoms with E-state index in [9.17, 15) is 0 Å². The van der Waals surface area contributed by atoms with Gasteiger partial charge in [0.15, 0.2) is 0 Å². The van der Waals surface area contributed by atoms with Gasteiger partial charge in [0.1, 0.15) is 0 Å². The van der Waals surface area contributed by atoms with Gasteiger partial charge < -0.3 is 10.2 Å². The van der Waals surface area contributed by atoms with Gasteiger partial charge in [0.05, 0.1) is 12.0 Å². The Morgan fingerprint density at radius 1 is 1.16 bits per heavy atom. The number of fused-ring (bicyclic) bond motifs is 1. The van der Waals surface area contributed by atoms with Crippen molar-refractivity contribution in [3.8, 4) is 0 Å². The van der Waals surface area contributed by atoms with Crippen LogP contribution in [0.5, 0.6) is 0 Å². The van der Waals surface area contributed by atoms with Crippen molar-refractivity contribution in [2.75, 3.05) is 13.1 Å². The van der Waals surface area contributed by atoms with Crippen LogP contribution < -0.4 is 5.32 Å². The Balaban J connectivity index is 0.000000902. The zero-order chi connectivity index (χ0) is 11.5. The molecule has 0 aliphatic carbocycles. The Morgan fingerprint density at radius 2 is 1.95 bits per heavy atom. The Morgan fingerprint density at radius 3 is 2.74 bits per heavy atom. The second kappa shape index (κ2) is 7.22. The van der Waals surface area contributed by atoms with E-state index in [0.29, 0.717) is 0 Å². The van der Waals surface area contributed by atoms with E-state index in [0.717, 1.165) is 25.3 Å². The lowest BCUT2D eigenvalue weighted by molar-refractivity contribution is 0.450. The lowest BCUT2D eigenvalue weighted by atomic mass is 10.1. The van der Waals surface area contributed by atoms with Crippen LogP contribution in [-0.4, -0.2) is 24.3 Å². The molecule has 0 spiro atoms. The molecule has 102 valence electrons. The summed E-state index contributed by atoms with van der Waals surface area (Å²) in [6.45, 7) is 2.72. The Hall–Kier alpha value is -1.45. The second-order valence-electron chi connectivity index (χ2n) is 4.30. The summed E-state index contributed by atoms with van der Waals surface area (Å²) in [5.74, 6) is 0. The van der Waals surface area contributed by atoms with E-state index in [1.54, 1.807) is 0 Å². The minimum absolute atomic E-state index is 0. The van der Waals surface area contributed by atoms with Crippen molar-refractivity contribution >= 4 is 31.2 Å². The fraction of sp³-hybridized carbons (Fsp3) is 0.214. The summed E-state index contributed by atoms with van der Waals surface area (Å²) in [4.78, 5) is 6.71. The van der Waals surface area contributed by atoms with Gasteiger partial charge in [-0.15, -0.1) is 24.8 Å². The summed E-state index contributed by atoms with van der Waals surface area (Å²) in [5, 5.41) is 3.23. The first-order valence-corrected chi connectivity index (χ1v) is 5.87. The fourth-order valence-electron chi connectivity index (χ4n) is 2.12. The van der Waals surface area contributed by atoms with Gasteiger partial charge in [-0.2, -0.15) is 0 Å². The molecule has 2 heterocycles. The van der Waals surface area contributed by atoms with Crippen molar-refractivity contribution < 1.29 is 0 Å². The predicted octanol–water partition coefficient (Wildman–Crippen LogP) is 2.75. The molecule has 0 aromatic heterocycles. The van der Waals surface area contributed by atoms with E-state index < -0.39 is 0 Å². The number of aliphatic imine (C=N–C) groups is 1. The van der Waals surface area contributed by atoms with Crippen LogP contribution in [0.25, 0.3) is 0 Å². The van der Waals surface area contributed by atoms with Gasteiger partial charge in [-0.1, -0.05) is 30.3 Å². The summed E-state index contributed by atoms with van der Waals surface area (Å²) >= 11 is 0. The molecule has 2 aliphatic heterocycles. The molecule has 1 aromatic carbocycles. The molecule has 0 amide bonds. The molecule has 0 saturated carbocycles. The first-order chi connectivity index (χ1) is 8.42. The van der Waals surface area contributed by atoms with E-state index in [1.165, 1.54) is 11.1 Å². The number of nitrogens with one attached hydrogen (secondary N) is 1. The summed E-state index contributed by atoms with van der Waals surface area (Å²) in [6, 6.07) is 10.5. The lowest BCUT2D eigenvalue weighted by Crippen LogP contribution is -2.30. The number of benzene rings is 1. The molecule has 3 rings (SSSR count). The molecule has 3 nitrogen and oxygen atoms in total. The highest BCUT2D eigenvalue weighted by Gasteiger charge is 2.15. The minimum Gasteiger partial charge on any atom is -0.387 e. The smallest absolute Gasteiger partial charge is 0.0918 e. The van der Waals surface area contributed by atoms with Gasteiger partial charge in [-0.3, -0.25) is 0 Å². The number of halogens is 2. The van der Waals surface area contributed by atoms with Crippen molar-refractivity contribution in [2.24, 2.45) is 4.99 Å². The topological polar surface area (TPSA) is 27.6 Å².